The van der Waals surface area contributed by atoms with E-state index in [0.29, 0.717) is 6.42 Å². The van der Waals surface area contributed by atoms with Crippen LogP contribution in [0.15, 0.2) is 23.8 Å². The molecule has 0 spiro atoms. The van der Waals surface area contributed by atoms with E-state index in [1.54, 1.807) is 0 Å². The van der Waals surface area contributed by atoms with Gasteiger partial charge in [-0.25, -0.2) is 0 Å². The monoisotopic (exact) mass is 282 g/mol. The molecule has 0 aromatic carbocycles. The number of aliphatic hydroxyl groups is 1. The molecule has 0 radical (unpaired) electrons. The van der Waals surface area contributed by atoms with Gasteiger partial charge in [-0.15, -0.1) is 0 Å². The SMILES string of the molecule is CC(C)(C)OC(O)CCC1=CCC(OC(C)(C)C)C=C1. The fourth-order valence-corrected chi connectivity index (χ4v) is 2.13. The molecule has 2 unspecified atom stereocenters. The molecular formula is C17H30O3. The predicted molar refractivity (Wildman–Crippen MR) is 82.5 cm³/mol. The Morgan fingerprint density at radius 3 is 2.30 bits per heavy atom. The van der Waals surface area contributed by atoms with Crippen molar-refractivity contribution >= 4 is 0 Å². The minimum absolute atomic E-state index is 0.114. The number of aliphatic hydroxyl groups excluding tert-OH is 1. The molecule has 0 amide bonds. The van der Waals surface area contributed by atoms with Crippen LogP contribution in [-0.4, -0.2) is 28.7 Å². The summed E-state index contributed by atoms with van der Waals surface area (Å²) in [6.45, 7) is 12.1. The molecule has 1 aliphatic carbocycles. The van der Waals surface area contributed by atoms with Crippen molar-refractivity contribution in [3.8, 4) is 0 Å². The molecule has 0 aromatic rings. The summed E-state index contributed by atoms with van der Waals surface area (Å²) in [5, 5.41) is 9.82. The largest absolute Gasteiger partial charge is 0.368 e. The van der Waals surface area contributed by atoms with Crippen LogP contribution in [0.3, 0.4) is 0 Å². The molecule has 2 atom stereocenters. The Labute approximate surface area is 123 Å². The second kappa shape index (κ2) is 6.88. The Morgan fingerprint density at radius 2 is 1.85 bits per heavy atom. The van der Waals surface area contributed by atoms with Crippen molar-refractivity contribution in [3.05, 3.63) is 23.8 Å². The zero-order valence-electron chi connectivity index (χ0n) is 13.8. The van der Waals surface area contributed by atoms with Crippen molar-refractivity contribution in [3.63, 3.8) is 0 Å². The number of hydrogen-bond donors (Lipinski definition) is 1. The standard InChI is InChI=1S/C17H30O3/c1-16(2,3)19-14-10-7-13(8-11-14)9-12-15(18)20-17(4,5)6/h7-8,10,14-15,18H,9,11-12H2,1-6H3. The second-order valence-corrected chi connectivity index (χ2v) is 7.37. The molecule has 20 heavy (non-hydrogen) atoms. The van der Waals surface area contributed by atoms with Gasteiger partial charge in [-0.2, -0.15) is 0 Å². The summed E-state index contributed by atoms with van der Waals surface area (Å²) in [6, 6.07) is 0. The van der Waals surface area contributed by atoms with Gasteiger partial charge in [-0.3, -0.25) is 0 Å². The zero-order valence-corrected chi connectivity index (χ0v) is 13.8. The Hall–Kier alpha value is -0.640. The van der Waals surface area contributed by atoms with Gasteiger partial charge >= 0.3 is 0 Å². The normalized spacial score (nSPS) is 21.8. The van der Waals surface area contributed by atoms with Crippen LogP contribution in [0.1, 0.15) is 60.8 Å². The van der Waals surface area contributed by atoms with Crippen molar-refractivity contribution in [2.24, 2.45) is 0 Å². The highest BCUT2D eigenvalue weighted by molar-refractivity contribution is 5.24. The lowest BCUT2D eigenvalue weighted by Crippen LogP contribution is -2.27. The molecule has 0 aliphatic heterocycles. The second-order valence-electron chi connectivity index (χ2n) is 7.37. The fraction of sp³-hybridized carbons (Fsp3) is 0.765. The Kier molecular flexibility index (Phi) is 5.99. The highest BCUT2D eigenvalue weighted by atomic mass is 16.6. The lowest BCUT2D eigenvalue weighted by molar-refractivity contribution is -0.167. The fourth-order valence-electron chi connectivity index (χ4n) is 2.13. The number of ether oxygens (including phenoxy) is 2. The number of rotatable bonds is 5. The summed E-state index contributed by atoms with van der Waals surface area (Å²) in [6.07, 6.45) is 8.22. The average Bonchev–Trinajstić information content (AvgIpc) is 2.23. The van der Waals surface area contributed by atoms with E-state index in [1.807, 2.05) is 20.8 Å². The Balaban J connectivity index is 2.33. The van der Waals surface area contributed by atoms with Gasteiger partial charge in [0.1, 0.15) is 0 Å². The van der Waals surface area contributed by atoms with Gasteiger partial charge in [0, 0.05) is 6.42 Å². The van der Waals surface area contributed by atoms with Crippen LogP contribution in [0.5, 0.6) is 0 Å². The van der Waals surface area contributed by atoms with Gasteiger partial charge in [-0.05, 0) is 54.4 Å². The van der Waals surface area contributed by atoms with Crippen LogP contribution in [0.2, 0.25) is 0 Å². The Bertz CT molecular complexity index is 355. The molecule has 1 rings (SSSR count). The third-order valence-electron chi connectivity index (χ3n) is 2.81. The first-order valence-electron chi connectivity index (χ1n) is 7.46. The van der Waals surface area contributed by atoms with Gasteiger partial charge < -0.3 is 14.6 Å². The summed E-state index contributed by atoms with van der Waals surface area (Å²) in [5.74, 6) is 0. The predicted octanol–water partition coefficient (Wildman–Crippen LogP) is 3.97. The number of allylic oxidation sites excluding steroid dienone is 2. The molecule has 3 nitrogen and oxygen atoms in total. The maximum atomic E-state index is 9.82. The van der Waals surface area contributed by atoms with Gasteiger partial charge in [-0.1, -0.05) is 23.8 Å². The van der Waals surface area contributed by atoms with Crippen molar-refractivity contribution < 1.29 is 14.6 Å². The average molecular weight is 282 g/mol. The lowest BCUT2D eigenvalue weighted by Gasteiger charge is -2.27. The van der Waals surface area contributed by atoms with E-state index in [2.05, 4.69) is 39.0 Å². The first-order valence-corrected chi connectivity index (χ1v) is 7.46. The maximum absolute atomic E-state index is 9.82. The summed E-state index contributed by atoms with van der Waals surface area (Å²) in [7, 11) is 0. The summed E-state index contributed by atoms with van der Waals surface area (Å²) in [5.41, 5.74) is 0.828. The van der Waals surface area contributed by atoms with E-state index < -0.39 is 6.29 Å². The minimum atomic E-state index is -0.701. The quantitative estimate of drug-likeness (QED) is 0.775. The van der Waals surface area contributed by atoms with E-state index in [-0.39, 0.29) is 17.3 Å². The van der Waals surface area contributed by atoms with E-state index >= 15 is 0 Å². The highest BCUT2D eigenvalue weighted by Crippen LogP contribution is 2.22. The van der Waals surface area contributed by atoms with Gasteiger partial charge in [0.15, 0.2) is 6.29 Å². The molecule has 0 fully saturated rings. The van der Waals surface area contributed by atoms with Crippen LogP contribution >= 0.6 is 0 Å². The number of hydrogen-bond acceptors (Lipinski definition) is 3. The molecule has 116 valence electrons. The molecule has 3 heteroatoms. The summed E-state index contributed by atoms with van der Waals surface area (Å²) < 4.78 is 11.4. The first kappa shape index (κ1) is 17.4. The van der Waals surface area contributed by atoms with Crippen molar-refractivity contribution in [1.82, 2.24) is 0 Å². The minimum Gasteiger partial charge on any atom is -0.368 e. The van der Waals surface area contributed by atoms with Gasteiger partial charge in [0.2, 0.25) is 0 Å². The maximum Gasteiger partial charge on any atom is 0.155 e. The van der Waals surface area contributed by atoms with E-state index in [4.69, 9.17) is 9.47 Å². The third kappa shape index (κ3) is 7.83. The van der Waals surface area contributed by atoms with E-state index in [1.165, 1.54) is 5.57 Å². The summed E-state index contributed by atoms with van der Waals surface area (Å²) in [4.78, 5) is 0. The van der Waals surface area contributed by atoms with Gasteiger partial charge in [0.05, 0.1) is 17.3 Å². The molecule has 0 saturated carbocycles. The Morgan fingerprint density at radius 1 is 1.20 bits per heavy atom. The smallest absolute Gasteiger partial charge is 0.155 e. The summed E-state index contributed by atoms with van der Waals surface area (Å²) >= 11 is 0. The zero-order chi connectivity index (χ0) is 15.4. The van der Waals surface area contributed by atoms with E-state index in [0.717, 1.165) is 12.8 Å². The molecule has 0 bridgehead atoms. The van der Waals surface area contributed by atoms with Crippen LogP contribution in [0.25, 0.3) is 0 Å². The molecular weight excluding hydrogens is 252 g/mol. The van der Waals surface area contributed by atoms with Crippen molar-refractivity contribution in [2.75, 3.05) is 0 Å². The van der Waals surface area contributed by atoms with Crippen molar-refractivity contribution in [1.29, 1.82) is 0 Å². The van der Waals surface area contributed by atoms with Gasteiger partial charge in [0.25, 0.3) is 0 Å². The molecule has 0 saturated heterocycles. The third-order valence-corrected chi connectivity index (χ3v) is 2.81. The topological polar surface area (TPSA) is 38.7 Å². The van der Waals surface area contributed by atoms with E-state index in [9.17, 15) is 5.11 Å². The molecule has 0 aromatic heterocycles. The molecule has 0 heterocycles. The van der Waals surface area contributed by atoms with Crippen LogP contribution in [0.4, 0.5) is 0 Å². The highest BCUT2D eigenvalue weighted by Gasteiger charge is 2.19. The lowest BCUT2D eigenvalue weighted by atomic mass is 10.00. The molecule has 1 N–H and O–H groups in total. The van der Waals surface area contributed by atoms with Crippen LogP contribution in [-0.2, 0) is 9.47 Å². The van der Waals surface area contributed by atoms with Crippen LogP contribution < -0.4 is 0 Å². The first-order chi connectivity index (χ1) is 9.05. The van der Waals surface area contributed by atoms with Crippen molar-refractivity contribution in [2.45, 2.75) is 84.4 Å². The van der Waals surface area contributed by atoms with Crippen LogP contribution in [0, 0.1) is 0 Å². The molecule has 1 aliphatic rings.